The van der Waals surface area contributed by atoms with E-state index in [-0.39, 0.29) is 24.3 Å². The third kappa shape index (κ3) is 6.36. The summed E-state index contributed by atoms with van der Waals surface area (Å²) in [6, 6.07) is 16.1. The highest BCUT2D eigenvalue weighted by atomic mass is 16.5. The Morgan fingerprint density at radius 1 is 0.885 bits per heavy atom. The number of nitrogens with one attached hydrogen (secondary N) is 1. The Morgan fingerprint density at radius 2 is 1.50 bits per heavy atom. The van der Waals surface area contributed by atoms with Crippen molar-refractivity contribution in [2.45, 2.75) is 39.7 Å². The molecule has 0 saturated heterocycles. The van der Waals surface area contributed by atoms with Crippen molar-refractivity contribution < 1.29 is 14.3 Å². The first-order chi connectivity index (χ1) is 12.5. The zero-order valence-corrected chi connectivity index (χ0v) is 15.7. The summed E-state index contributed by atoms with van der Waals surface area (Å²) in [6.45, 7) is 6.32. The summed E-state index contributed by atoms with van der Waals surface area (Å²) >= 11 is 0. The van der Waals surface area contributed by atoms with Crippen LogP contribution in [-0.4, -0.2) is 24.3 Å². The van der Waals surface area contributed by atoms with Crippen molar-refractivity contribution in [3.8, 4) is 5.75 Å². The highest BCUT2D eigenvalue weighted by Gasteiger charge is 2.10. The van der Waals surface area contributed by atoms with Crippen molar-refractivity contribution in [3.63, 3.8) is 0 Å². The minimum atomic E-state index is -0.134. The fourth-order valence-electron chi connectivity index (χ4n) is 2.58. The fraction of sp³-hybridized carbons (Fsp3) is 0.364. The number of rotatable bonds is 9. The Labute approximate surface area is 155 Å². The molecule has 1 amide bonds. The molecule has 0 aromatic heterocycles. The average molecular weight is 353 g/mol. The van der Waals surface area contributed by atoms with Crippen molar-refractivity contribution in [2.24, 2.45) is 5.92 Å². The molecular formula is C22H27NO3. The Morgan fingerprint density at radius 3 is 2.12 bits per heavy atom. The van der Waals surface area contributed by atoms with Crippen molar-refractivity contribution in [1.82, 2.24) is 5.32 Å². The van der Waals surface area contributed by atoms with Crippen LogP contribution in [0.15, 0.2) is 54.6 Å². The van der Waals surface area contributed by atoms with Crippen LogP contribution in [0.4, 0.5) is 0 Å². The van der Waals surface area contributed by atoms with Crippen molar-refractivity contribution >= 4 is 11.7 Å². The van der Waals surface area contributed by atoms with E-state index in [9.17, 15) is 9.59 Å². The van der Waals surface area contributed by atoms with E-state index in [0.29, 0.717) is 22.8 Å². The highest BCUT2D eigenvalue weighted by molar-refractivity contribution is 6.08. The van der Waals surface area contributed by atoms with Crippen LogP contribution in [0.25, 0.3) is 0 Å². The molecule has 138 valence electrons. The molecule has 1 atom stereocenters. The largest absolute Gasteiger partial charge is 0.484 e. The molecule has 2 rings (SSSR count). The van der Waals surface area contributed by atoms with Crippen LogP contribution < -0.4 is 10.1 Å². The molecule has 0 aliphatic heterocycles. The second-order valence-corrected chi connectivity index (χ2v) is 6.95. The first-order valence-corrected chi connectivity index (χ1v) is 9.07. The predicted octanol–water partition coefficient (Wildman–Crippen LogP) is 4.24. The summed E-state index contributed by atoms with van der Waals surface area (Å²) in [5.41, 5.74) is 1.24. The van der Waals surface area contributed by atoms with Gasteiger partial charge in [-0.2, -0.15) is 0 Å². The molecule has 0 radical (unpaired) electrons. The van der Waals surface area contributed by atoms with Crippen LogP contribution >= 0.6 is 0 Å². The van der Waals surface area contributed by atoms with E-state index in [1.807, 2.05) is 25.1 Å². The summed E-state index contributed by atoms with van der Waals surface area (Å²) in [7, 11) is 0. The summed E-state index contributed by atoms with van der Waals surface area (Å²) in [6.07, 6.45) is 2.04. The molecule has 0 spiro atoms. The van der Waals surface area contributed by atoms with Gasteiger partial charge in [0.25, 0.3) is 5.91 Å². The number of hydrogen-bond acceptors (Lipinski definition) is 3. The maximum atomic E-state index is 12.3. The lowest BCUT2D eigenvalue weighted by atomic mass is 10.0. The van der Waals surface area contributed by atoms with Gasteiger partial charge in [-0.05, 0) is 49.9 Å². The van der Waals surface area contributed by atoms with Crippen molar-refractivity contribution in [2.75, 3.05) is 6.61 Å². The Bertz CT molecular complexity index is 708. The summed E-state index contributed by atoms with van der Waals surface area (Å²) in [4.78, 5) is 24.3. The summed E-state index contributed by atoms with van der Waals surface area (Å²) in [5, 5.41) is 2.94. The predicted molar refractivity (Wildman–Crippen MR) is 103 cm³/mol. The van der Waals surface area contributed by atoms with E-state index < -0.39 is 0 Å². The number of carbonyl (C=O) groups excluding carboxylic acids is 2. The van der Waals surface area contributed by atoms with Gasteiger partial charge >= 0.3 is 0 Å². The molecule has 0 aliphatic rings. The molecular weight excluding hydrogens is 326 g/mol. The second kappa shape index (κ2) is 9.76. The molecule has 0 heterocycles. The third-order valence-corrected chi connectivity index (χ3v) is 4.11. The molecule has 4 heteroatoms. The van der Waals surface area contributed by atoms with E-state index >= 15 is 0 Å². The number of benzene rings is 2. The summed E-state index contributed by atoms with van der Waals surface area (Å²) < 4.78 is 5.51. The van der Waals surface area contributed by atoms with E-state index in [2.05, 4.69) is 19.2 Å². The molecule has 0 aliphatic carbocycles. The number of ether oxygens (including phenoxy) is 1. The maximum absolute atomic E-state index is 12.3. The normalized spacial score (nSPS) is 11.8. The number of hydrogen-bond donors (Lipinski definition) is 1. The van der Waals surface area contributed by atoms with Crippen molar-refractivity contribution in [3.05, 3.63) is 65.7 Å². The second-order valence-electron chi connectivity index (χ2n) is 6.95. The van der Waals surface area contributed by atoms with Crippen LogP contribution in [0.2, 0.25) is 0 Å². The molecule has 0 fully saturated rings. The quantitative estimate of drug-likeness (QED) is 0.686. The third-order valence-electron chi connectivity index (χ3n) is 4.11. The minimum Gasteiger partial charge on any atom is -0.484 e. The monoisotopic (exact) mass is 353 g/mol. The Kier molecular flexibility index (Phi) is 7.39. The molecule has 0 saturated carbocycles. The van der Waals surface area contributed by atoms with Crippen LogP contribution in [0, 0.1) is 5.92 Å². The molecule has 0 unspecified atom stereocenters. The van der Waals surface area contributed by atoms with Gasteiger partial charge in [0.2, 0.25) is 0 Å². The molecule has 4 nitrogen and oxygen atoms in total. The van der Waals surface area contributed by atoms with Gasteiger partial charge in [-0.25, -0.2) is 0 Å². The topological polar surface area (TPSA) is 55.4 Å². The Balaban J connectivity index is 1.82. The molecule has 26 heavy (non-hydrogen) atoms. The van der Waals surface area contributed by atoms with Crippen LogP contribution in [-0.2, 0) is 4.79 Å². The molecule has 2 aromatic carbocycles. The van der Waals surface area contributed by atoms with Gasteiger partial charge < -0.3 is 10.1 Å². The van der Waals surface area contributed by atoms with Crippen LogP contribution in [0.1, 0.15) is 49.5 Å². The standard InChI is InChI=1S/C22H27NO3/c1-16(2)9-10-17(3)23-21(24)15-26-20-13-11-19(12-14-20)22(25)18-7-5-4-6-8-18/h4-8,11-14,16-17H,9-10,15H2,1-3H3,(H,23,24)/t17-/m1/s1. The lowest BCUT2D eigenvalue weighted by Crippen LogP contribution is -2.36. The molecule has 0 bridgehead atoms. The van der Waals surface area contributed by atoms with E-state index in [4.69, 9.17) is 4.74 Å². The highest BCUT2D eigenvalue weighted by Crippen LogP contribution is 2.15. The minimum absolute atomic E-state index is 0.0298. The Hall–Kier alpha value is -2.62. The van der Waals surface area contributed by atoms with E-state index in [1.54, 1.807) is 36.4 Å². The SMILES string of the molecule is CC(C)CC[C@@H](C)NC(=O)COc1ccc(C(=O)c2ccccc2)cc1. The first kappa shape index (κ1) is 19.7. The molecule has 1 N–H and O–H groups in total. The van der Waals surface area contributed by atoms with Crippen LogP contribution in [0.5, 0.6) is 5.75 Å². The first-order valence-electron chi connectivity index (χ1n) is 9.07. The number of carbonyl (C=O) groups is 2. The van der Waals surface area contributed by atoms with Gasteiger partial charge in [0, 0.05) is 17.2 Å². The van der Waals surface area contributed by atoms with Crippen molar-refractivity contribution in [1.29, 1.82) is 0 Å². The van der Waals surface area contributed by atoms with Gasteiger partial charge in [-0.15, -0.1) is 0 Å². The summed E-state index contributed by atoms with van der Waals surface area (Å²) in [5.74, 6) is 1.03. The van der Waals surface area contributed by atoms with Gasteiger partial charge in [0.15, 0.2) is 12.4 Å². The van der Waals surface area contributed by atoms with Gasteiger partial charge in [-0.1, -0.05) is 44.2 Å². The number of amides is 1. The lowest BCUT2D eigenvalue weighted by molar-refractivity contribution is -0.123. The maximum Gasteiger partial charge on any atom is 0.258 e. The van der Waals surface area contributed by atoms with Crippen LogP contribution in [0.3, 0.4) is 0 Å². The zero-order valence-electron chi connectivity index (χ0n) is 15.7. The van der Waals surface area contributed by atoms with Gasteiger partial charge in [0.1, 0.15) is 5.75 Å². The van der Waals surface area contributed by atoms with Gasteiger partial charge in [-0.3, -0.25) is 9.59 Å². The van der Waals surface area contributed by atoms with E-state index in [0.717, 1.165) is 12.8 Å². The average Bonchev–Trinajstić information content (AvgIpc) is 2.65. The lowest BCUT2D eigenvalue weighted by Gasteiger charge is -2.15. The molecule has 2 aromatic rings. The smallest absolute Gasteiger partial charge is 0.258 e. The number of ketones is 1. The fourth-order valence-corrected chi connectivity index (χ4v) is 2.58. The zero-order chi connectivity index (χ0) is 18.9. The van der Waals surface area contributed by atoms with Gasteiger partial charge in [0.05, 0.1) is 0 Å². The van der Waals surface area contributed by atoms with E-state index in [1.165, 1.54) is 0 Å².